The molecule has 2 heterocycles. The van der Waals surface area contributed by atoms with E-state index >= 15 is 0 Å². The highest BCUT2D eigenvalue weighted by atomic mass is 32.1. The molecule has 1 amide bonds. The standard InChI is InChI=1S/C29H31N3O5S/c1-34-24-13-14-25(35-2)27-26(24)30-29(38-27)32(16-6-15-31-17-19-36-20-18-31)28(33)21-9-11-23(12-10-21)37-22-7-4-3-5-8-22/h3-5,7-14H,6,15-20H2,1-2H3. The monoisotopic (exact) mass is 533 g/mol. The van der Waals surface area contributed by atoms with Crippen LogP contribution in [-0.4, -0.2) is 69.4 Å². The molecule has 4 aromatic rings. The van der Waals surface area contributed by atoms with E-state index in [1.54, 1.807) is 31.3 Å². The second-order valence-corrected chi connectivity index (χ2v) is 9.83. The molecule has 0 atom stereocenters. The van der Waals surface area contributed by atoms with Gasteiger partial charge in [0.25, 0.3) is 5.91 Å². The Morgan fingerprint density at radius 3 is 2.34 bits per heavy atom. The molecule has 38 heavy (non-hydrogen) atoms. The van der Waals surface area contributed by atoms with Crippen LogP contribution in [0.1, 0.15) is 16.8 Å². The van der Waals surface area contributed by atoms with Gasteiger partial charge in [0.05, 0.1) is 27.4 Å². The molecule has 5 rings (SSSR count). The third-order valence-electron chi connectivity index (χ3n) is 6.41. The van der Waals surface area contributed by atoms with Gasteiger partial charge in [-0.2, -0.15) is 0 Å². The normalized spacial score (nSPS) is 13.8. The van der Waals surface area contributed by atoms with Crippen LogP contribution < -0.4 is 19.1 Å². The number of hydrogen-bond acceptors (Lipinski definition) is 8. The molecular formula is C29H31N3O5S. The van der Waals surface area contributed by atoms with Gasteiger partial charge in [0, 0.05) is 31.7 Å². The molecule has 0 bridgehead atoms. The van der Waals surface area contributed by atoms with Crippen LogP contribution in [0.5, 0.6) is 23.0 Å². The third kappa shape index (κ3) is 5.91. The molecule has 1 fully saturated rings. The van der Waals surface area contributed by atoms with Crippen molar-refractivity contribution in [2.24, 2.45) is 0 Å². The smallest absolute Gasteiger partial charge is 0.260 e. The van der Waals surface area contributed by atoms with Crippen molar-refractivity contribution in [3.05, 3.63) is 72.3 Å². The summed E-state index contributed by atoms with van der Waals surface area (Å²) in [4.78, 5) is 22.8. The van der Waals surface area contributed by atoms with Crippen LogP contribution in [-0.2, 0) is 4.74 Å². The number of amides is 1. The molecule has 0 aliphatic carbocycles. The zero-order valence-corrected chi connectivity index (χ0v) is 22.4. The fourth-order valence-corrected chi connectivity index (χ4v) is 5.50. The summed E-state index contributed by atoms with van der Waals surface area (Å²) in [7, 11) is 3.25. The van der Waals surface area contributed by atoms with Crippen LogP contribution in [0.25, 0.3) is 10.2 Å². The van der Waals surface area contributed by atoms with Crippen molar-refractivity contribution < 1.29 is 23.7 Å². The maximum atomic E-state index is 13.8. The molecule has 198 valence electrons. The molecule has 1 aliphatic rings. The van der Waals surface area contributed by atoms with Gasteiger partial charge in [0.2, 0.25) is 0 Å². The largest absolute Gasteiger partial charge is 0.495 e. The number of fused-ring (bicyclic) bond motifs is 1. The summed E-state index contributed by atoms with van der Waals surface area (Å²) in [6, 6.07) is 20.5. The van der Waals surface area contributed by atoms with Gasteiger partial charge in [-0.1, -0.05) is 29.5 Å². The van der Waals surface area contributed by atoms with Gasteiger partial charge in [0.15, 0.2) is 5.13 Å². The van der Waals surface area contributed by atoms with E-state index < -0.39 is 0 Å². The van der Waals surface area contributed by atoms with Crippen molar-refractivity contribution in [1.29, 1.82) is 0 Å². The van der Waals surface area contributed by atoms with Crippen molar-refractivity contribution in [1.82, 2.24) is 9.88 Å². The van der Waals surface area contributed by atoms with E-state index in [0.29, 0.717) is 40.0 Å². The molecule has 1 aliphatic heterocycles. The fraction of sp³-hybridized carbons (Fsp3) is 0.310. The lowest BCUT2D eigenvalue weighted by atomic mass is 10.2. The highest BCUT2D eigenvalue weighted by Crippen LogP contribution is 2.40. The average Bonchev–Trinajstić information content (AvgIpc) is 3.41. The number of morpholine rings is 1. The Kier molecular flexibility index (Phi) is 8.37. The Morgan fingerprint density at radius 2 is 1.63 bits per heavy atom. The van der Waals surface area contributed by atoms with E-state index in [-0.39, 0.29) is 5.91 Å². The molecule has 3 aromatic carbocycles. The first-order chi connectivity index (χ1) is 18.7. The molecule has 8 nitrogen and oxygen atoms in total. The zero-order valence-electron chi connectivity index (χ0n) is 21.6. The van der Waals surface area contributed by atoms with Crippen molar-refractivity contribution in [2.75, 3.05) is 58.5 Å². The lowest BCUT2D eigenvalue weighted by molar-refractivity contribution is 0.0376. The number of methoxy groups -OCH3 is 2. The van der Waals surface area contributed by atoms with Gasteiger partial charge in [0.1, 0.15) is 33.2 Å². The first-order valence-electron chi connectivity index (χ1n) is 12.6. The number of carbonyl (C=O) groups is 1. The molecule has 1 saturated heterocycles. The lowest BCUT2D eigenvalue weighted by Gasteiger charge is -2.27. The molecule has 1 aromatic heterocycles. The number of aromatic nitrogens is 1. The first kappa shape index (κ1) is 26.0. The summed E-state index contributed by atoms with van der Waals surface area (Å²) >= 11 is 1.43. The number of benzene rings is 3. The van der Waals surface area contributed by atoms with Crippen LogP contribution in [0.3, 0.4) is 0 Å². The number of rotatable bonds is 10. The SMILES string of the molecule is COc1ccc(OC)c2sc(N(CCCN3CCOCC3)C(=O)c3ccc(Oc4ccccc4)cc3)nc12. The van der Waals surface area contributed by atoms with Crippen LogP contribution in [0.15, 0.2) is 66.7 Å². The van der Waals surface area contributed by atoms with Crippen LogP contribution in [0, 0.1) is 0 Å². The second-order valence-electron chi connectivity index (χ2n) is 8.85. The number of carbonyl (C=O) groups excluding carboxylic acids is 1. The number of ether oxygens (including phenoxy) is 4. The minimum Gasteiger partial charge on any atom is -0.495 e. The van der Waals surface area contributed by atoms with Crippen LogP contribution in [0.4, 0.5) is 5.13 Å². The maximum absolute atomic E-state index is 13.8. The predicted octanol–water partition coefficient (Wildman–Crippen LogP) is 5.47. The van der Waals surface area contributed by atoms with Crippen molar-refractivity contribution in [2.45, 2.75) is 6.42 Å². The van der Waals surface area contributed by atoms with Gasteiger partial charge in [-0.25, -0.2) is 4.98 Å². The fourth-order valence-electron chi connectivity index (χ4n) is 4.40. The van der Waals surface area contributed by atoms with E-state index in [1.807, 2.05) is 54.6 Å². The number of anilines is 1. The summed E-state index contributed by atoms with van der Waals surface area (Å²) in [5.41, 5.74) is 1.25. The van der Waals surface area contributed by atoms with E-state index in [0.717, 1.165) is 49.7 Å². The van der Waals surface area contributed by atoms with E-state index in [2.05, 4.69) is 4.90 Å². The topological polar surface area (TPSA) is 73.4 Å². The Morgan fingerprint density at radius 1 is 0.947 bits per heavy atom. The van der Waals surface area contributed by atoms with Gasteiger partial charge < -0.3 is 18.9 Å². The molecule has 9 heteroatoms. The van der Waals surface area contributed by atoms with Crippen molar-refractivity contribution in [3.8, 4) is 23.0 Å². The number of nitrogens with zero attached hydrogens (tertiary/aromatic N) is 3. The van der Waals surface area contributed by atoms with Gasteiger partial charge in [-0.15, -0.1) is 0 Å². The minimum absolute atomic E-state index is 0.116. The highest BCUT2D eigenvalue weighted by Gasteiger charge is 2.24. The Bertz CT molecular complexity index is 1310. The summed E-state index contributed by atoms with van der Waals surface area (Å²) in [6.07, 6.45) is 0.811. The predicted molar refractivity (Wildman–Crippen MR) is 149 cm³/mol. The molecule has 0 N–H and O–H groups in total. The zero-order chi connectivity index (χ0) is 26.3. The average molecular weight is 534 g/mol. The summed E-state index contributed by atoms with van der Waals surface area (Å²) < 4.78 is 23.3. The van der Waals surface area contributed by atoms with E-state index in [1.165, 1.54) is 11.3 Å². The lowest BCUT2D eigenvalue weighted by Crippen LogP contribution is -2.39. The van der Waals surface area contributed by atoms with Crippen LogP contribution >= 0.6 is 11.3 Å². The highest BCUT2D eigenvalue weighted by molar-refractivity contribution is 7.22. The third-order valence-corrected chi connectivity index (χ3v) is 7.51. The Labute approximate surface area is 226 Å². The van der Waals surface area contributed by atoms with Crippen molar-refractivity contribution in [3.63, 3.8) is 0 Å². The quantitative estimate of drug-likeness (QED) is 0.267. The number of thiazole rings is 1. The molecule has 0 unspecified atom stereocenters. The molecular weight excluding hydrogens is 502 g/mol. The molecule has 0 spiro atoms. The van der Waals surface area contributed by atoms with Crippen LogP contribution in [0.2, 0.25) is 0 Å². The minimum atomic E-state index is -0.116. The number of para-hydroxylation sites is 1. The van der Waals surface area contributed by atoms with Gasteiger partial charge >= 0.3 is 0 Å². The Balaban J connectivity index is 1.40. The number of hydrogen-bond donors (Lipinski definition) is 0. The molecule has 0 radical (unpaired) electrons. The van der Waals surface area contributed by atoms with E-state index in [4.69, 9.17) is 23.9 Å². The Hall–Kier alpha value is -3.66. The summed E-state index contributed by atoms with van der Waals surface area (Å²) in [5, 5.41) is 0.611. The second kappa shape index (κ2) is 12.3. The van der Waals surface area contributed by atoms with Gasteiger partial charge in [-0.05, 0) is 55.0 Å². The van der Waals surface area contributed by atoms with E-state index in [9.17, 15) is 4.79 Å². The first-order valence-corrected chi connectivity index (χ1v) is 13.4. The summed E-state index contributed by atoms with van der Waals surface area (Å²) in [6.45, 7) is 4.73. The summed E-state index contributed by atoms with van der Waals surface area (Å²) in [5.74, 6) is 2.64. The van der Waals surface area contributed by atoms with Gasteiger partial charge in [-0.3, -0.25) is 14.6 Å². The molecule has 0 saturated carbocycles. The van der Waals surface area contributed by atoms with Crippen molar-refractivity contribution >= 4 is 32.6 Å². The maximum Gasteiger partial charge on any atom is 0.260 e.